The Kier molecular flexibility index (Phi) is 2.60. The lowest BCUT2D eigenvalue weighted by Crippen LogP contribution is -1.87. The van der Waals surface area contributed by atoms with Gasteiger partial charge in [-0.1, -0.05) is 54.6 Å². The van der Waals surface area contributed by atoms with E-state index in [2.05, 4.69) is 64.4 Å². The lowest BCUT2D eigenvalue weighted by atomic mass is 9.90. The largest absolute Gasteiger partial charge is 0.276 e. The molecule has 5 aromatic rings. The summed E-state index contributed by atoms with van der Waals surface area (Å²) in [5.74, 6) is 0. The van der Waals surface area contributed by atoms with Gasteiger partial charge in [0.2, 0.25) is 5.69 Å². The van der Waals surface area contributed by atoms with Crippen LogP contribution in [-0.4, -0.2) is 4.98 Å². The van der Waals surface area contributed by atoms with Crippen LogP contribution >= 0.6 is 0 Å². The molecule has 0 saturated carbocycles. The zero-order valence-electron chi connectivity index (χ0n) is 12.8. The third kappa shape index (κ3) is 1.73. The number of aromatic nitrogens is 1. The van der Waals surface area contributed by atoms with Gasteiger partial charge in [-0.15, -0.1) is 0 Å². The van der Waals surface area contributed by atoms with Crippen molar-refractivity contribution >= 4 is 38.0 Å². The van der Waals surface area contributed by atoms with Crippen LogP contribution in [0.5, 0.6) is 0 Å². The predicted molar refractivity (Wildman–Crippen MR) is 99.6 cm³/mol. The fourth-order valence-corrected chi connectivity index (χ4v) is 3.62. The third-order valence-corrected chi connectivity index (χ3v) is 4.69. The summed E-state index contributed by atoms with van der Waals surface area (Å²) in [6, 6.07) is 21.4. The van der Waals surface area contributed by atoms with Crippen molar-refractivity contribution in [3.05, 3.63) is 84.5 Å². The van der Waals surface area contributed by atoms with Crippen molar-refractivity contribution in [1.29, 1.82) is 0 Å². The van der Waals surface area contributed by atoms with Gasteiger partial charge in [-0.05, 0) is 49.5 Å². The van der Waals surface area contributed by atoms with Crippen molar-refractivity contribution in [2.75, 3.05) is 0 Å². The summed E-state index contributed by atoms with van der Waals surface area (Å²) in [6.45, 7) is 7.22. The normalized spacial score (nSPS) is 11.3. The number of hydrogen-bond donors (Lipinski definition) is 0. The lowest BCUT2D eigenvalue weighted by Gasteiger charge is -2.14. The second-order valence-electron chi connectivity index (χ2n) is 6.01. The van der Waals surface area contributed by atoms with Gasteiger partial charge in [-0.3, -0.25) is 4.98 Å². The van der Waals surface area contributed by atoms with Crippen LogP contribution in [0.3, 0.4) is 0 Å². The van der Waals surface area contributed by atoms with Crippen molar-refractivity contribution in [3.63, 3.8) is 0 Å². The van der Waals surface area contributed by atoms with E-state index in [1.54, 1.807) is 6.20 Å². The van der Waals surface area contributed by atoms with Crippen molar-refractivity contribution in [2.24, 2.45) is 0 Å². The summed E-state index contributed by atoms with van der Waals surface area (Å²) in [6.07, 6.45) is 3.44. The number of pyridine rings is 1. The Morgan fingerprint density at radius 2 is 1.46 bits per heavy atom. The minimum absolute atomic E-state index is 0.568. The van der Waals surface area contributed by atoms with Gasteiger partial charge in [-0.2, -0.15) is 0 Å². The monoisotopic (exact) mass is 304 g/mol. The molecule has 0 bridgehead atoms. The maximum atomic E-state index is 7.22. The molecule has 0 aliphatic rings. The quantitative estimate of drug-likeness (QED) is 0.266. The highest BCUT2D eigenvalue weighted by Crippen LogP contribution is 2.39. The summed E-state index contributed by atoms with van der Waals surface area (Å²) in [4.78, 5) is 7.73. The highest BCUT2D eigenvalue weighted by atomic mass is 14.7. The summed E-state index contributed by atoms with van der Waals surface area (Å²) in [7, 11) is 0. The number of rotatable bonds is 1. The molecule has 0 fully saturated rings. The third-order valence-electron chi connectivity index (χ3n) is 4.69. The van der Waals surface area contributed by atoms with E-state index in [-0.39, 0.29) is 0 Å². The molecule has 2 heteroatoms. The average molecular weight is 304 g/mol. The first kappa shape index (κ1) is 13.0. The van der Waals surface area contributed by atoms with Crippen LogP contribution in [0.1, 0.15) is 0 Å². The molecule has 0 spiro atoms. The van der Waals surface area contributed by atoms with E-state index < -0.39 is 0 Å². The lowest BCUT2D eigenvalue weighted by molar-refractivity contribution is 1.34. The highest BCUT2D eigenvalue weighted by molar-refractivity contribution is 6.25. The minimum atomic E-state index is 0.568. The molecule has 2 nitrogen and oxygen atoms in total. The maximum Gasteiger partial charge on any atom is 0.205 e. The number of hydrogen-bond acceptors (Lipinski definition) is 1. The summed E-state index contributed by atoms with van der Waals surface area (Å²) >= 11 is 0. The maximum absolute atomic E-state index is 7.22. The van der Waals surface area contributed by atoms with Crippen LogP contribution in [0.25, 0.3) is 48.3 Å². The van der Waals surface area contributed by atoms with Crippen molar-refractivity contribution in [3.8, 4) is 11.1 Å². The Morgan fingerprint density at radius 1 is 0.750 bits per heavy atom. The van der Waals surface area contributed by atoms with Gasteiger partial charge in [0.05, 0.1) is 6.57 Å². The average Bonchev–Trinajstić information content (AvgIpc) is 2.66. The molecule has 0 saturated heterocycles. The van der Waals surface area contributed by atoms with Crippen molar-refractivity contribution in [1.82, 2.24) is 4.98 Å². The molecule has 0 amide bonds. The van der Waals surface area contributed by atoms with Crippen LogP contribution in [0.15, 0.2) is 73.1 Å². The number of nitrogens with zero attached hydrogens (tertiary/aromatic N) is 2. The molecular formula is C22H12N2. The molecule has 0 aliphatic carbocycles. The fourth-order valence-electron chi connectivity index (χ4n) is 3.62. The van der Waals surface area contributed by atoms with E-state index in [0.29, 0.717) is 5.69 Å². The van der Waals surface area contributed by atoms with Crippen LogP contribution in [0.2, 0.25) is 0 Å². The molecule has 110 valence electrons. The van der Waals surface area contributed by atoms with Gasteiger partial charge in [0, 0.05) is 12.4 Å². The second kappa shape index (κ2) is 4.78. The zero-order valence-corrected chi connectivity index (χ0v) is 12.8. The van der Waals surface area contributed by atoms with Crippen molar-refractivity contribution in [2.45, 2.75) is 0 Å². The Balaban J connectivity index is 1.95. The zero-order chi connectivity index (χ0) is 16.1. The van der Waals surface area contributed by atoms with Crippen LogP contribution < -0.4 is 0 Å². The Morgan fingerprint density at radius 3 is 2.25 bits per heavy atom. The topological polar surface area (TPSA) is 17.2 Å². The molecule has 1 aromatic heterocycles. The standard InChI is InChI=1S/C22H12N2/c1-23-18-11-17(12-24-13-18)19-9-7-16-6-5-14-3-2-4-15-8-10-20(19)22(16)21(14)15/h2-13H. The first-order valence-electron chi connectivity index (χ1n) is 7.84. The van der Waals surface area contributed by atoms with Gasteiger partial charge in [0.1, 0.15) is 0 Å². The Bertz CT molecular complexity index is 1250. The van der Waals surface area contributed by atoms with Crippen molar-refractivity contribution < 1.29 is 0 Å². The summed E-state index contributed by atoms with van der Waals surface area (Å²) in [5, 5.41) is 7.57. The van der Waals surface area contributed by atoms with E-state index in [1.165, 1.54) is 32.3 Å². The second-order valence-corrected chi connectivity index (χ2v) is 6.01. The predicted octanol–water partition coefficient (Wildman–Crippen LogP) is 6.20. The van der Waals surface area contributed by atoms with Gasteiger partial charge in [0.15, 0.2) is 0 Å². The smallest absolute Gasteiger partial charge is 0.205 e. The first-order chi connectivity index (χ1) is 11.8. The van der Waals surface area contributed by atoms with Crippen LogP contribution in [0.4, 0.5) is 5.69 Å². The molecule has 0 N–H and O–H groups in total. The molecule has 5 rings (SSSR count). The summed E-state index contributed by atoms with van der Waals surface area (Å²) < 4.78 is 0. The van der Waals surface area contributed by atoms with Crippen LogP contribution in [0, 0.1) is 6.57 Å². The van der Waals surface area contributed by atoms with Gasteiger partial charge < -0.3 is 0 Å². The molecule has 0 unspecified atom stereocenters. The fraction of sp³-hybridized carbons (Fsp3) is 0. The molecular weight excluding hydrogens is 292 g/mol. The molecule has 24 heavy (non-hydrogen) atoms. The Hall–Kier alpha value is -3.44. The summed E-state index contributed by atoms with van der Waals surface area (Å²) in [5.41, 5.74) is 2.68. The van der Waals surface area contributed by atoms with Gasteiger partial charge >= 0.3 is 0 Å². The van der Waals surface area contributed by atoms with Crippen LogP contribution in [-0.2, 0) is 0 Å². The van der Waals surface area contributed by atoms with E-state index in [1.807, 2.05) is 12.3 Å². The van der Waals surface area contributed by atoms with E-state index >= 15 is 0 Å². The number of benzene rings is 4. The molecule has 0 atom stereocenters. The highest BCUT2D eigenvalue weighted by Gasteiger charge is 2.12. The SMILES string of the molecule is [C-]#[N+]c1cncc(-c2ccc3ccc4cccc5ccc2c3c45)c1. The molecule has 4 aromatic carbocycles. The molecule has 0 radical (unpaired) electrons. The van der Waals surface area contributed by atoms with E-state index in [9.17, 15) is 0 Å². The van der Waals surface area contributed by atoms with E-state index in [4.69, 9.17) is 6.57 Å². The molecule has 0 aliphatic heterocycles. The minimum Gasteiger partial charge on any atom is -0.276 e. The molecule has 1 heterocycles. The van der Waals surface area contributed by atoms with E-state index in [0.717, 1.165) is 11.1 Å². The van der Waals surface area contributed by atoms with Gasteiger partial charge in [0.25, 0.3) is 0 Å². The first-order valence-corrected chi connectivity index (χ1v) is 7.84. The van der Waals surface area contributed by atoms with Gasteiger partial charge in [-0.25, -0.2) is 4.85 Å². The Labute approximate surface area is 139 Å².